The number of hydrogen-bond donors (Lipinski definition) is 1. The van der Waals surface area contributed by atoms with Crippen LogP contribution in [0.25, 0.3) is 0 Å². The molecule has 0 bridgehead atoms. The zero-order valence-electron chi connectivity index (χ0n) is 19.2. The lowest BCUT2D eigenvalue weighted by Crippen LogP contribution is -2.39. The Bertz CT molecular complexity index is 1280. The van der Waals surface area contributed by atoms with Gasteiger partial charge in [0, 0.05) is 17.5 Å². The van der Waals surface area contributed by atoms with Gasteiger partial charge < -0.3 is 14.8 Å². The van der Waals surface area contributed by atoms with Gasteiger partial charge in [-0.2, -0.15) is 0 Å². The van der Waals surface area contributed by atoms with Crippen molar-refractivity contribution in [1.29, 1.82) is 0 Å². The van der Waals surface area contributed by atoms with E-state index in [1.165, 1.54) is 35.6 Å². The minimum atomic E-state index is -4.93. The summed E-state index contributed by atoms with van der Waals surface area (Å²) in [5, 5.41) is 3.74. The molecule has 0 atom stereocenters. The Morgan fingerprint density at radius 2 is 1.30 bits per heavy atom. The molecule has 37 heavy (non-hydrogen) atoms. The lowest BCUT2D eigenvalue weighted by atomic mass is 9.78. The summed E-state index contributed by atoms with van der Waals surface area (Å²) in [4.78, 5) is 5.20. The molecule has 4 nitrogen and oxygen atoms in total. The van der Waals surface area contributed by atoms with Gasteiger partial charge in [-0.3, -0.25) is 0 Å². The van der Waals surface area contributed by atoms with Crippen LogP contribution in [-0.4, -0.2) is 17.7 Å². The fourth-order valence-corrected chi connectivity index (χ4v) is 4.71. The molecule has 1 heterocycles. The number of anilines is 1. The lowest BCUT2D eigenvalue weighted by Gasteiger charge is -2.37. The minimum absolute atomic E-state index is 0.150. The molecule has 1 aromatic heterocycles. The van der Waals surface area contributed by atoms with E-state index in [1.54, 1.807) is 36.5 Å². The Morgan fingerprint density at radius 1 is 0.757 bits per heavy atom. The average Bonchev–Trinajstić information content (AvgIpc) is 3.22. The van der Waals surface area contributed by atoms with E-state index in [-0.39, 0.29) is 6.42 Å². The molecule has 194 valence electrons. The first-order valence-electron chi connectivity index (χ1n) is 10.9. The Hall–Kier alpha value is -3.73. The molecule has 0 radical (unpaired) electrons. The smallest absolute Gasteiger partial charge is 0.406 e. The molecule has 0 unspecified atom stereocenters. The largest absolute Gasteiger partial charge is 0.573 e. The van der Waals surface area contributed by atoms with Crippen molar-refractivity contribution in [3.05, 3.63) is 107 Å². The number of ether oxygens (including phenoxy) is 2. The van der Waals surface area contributed by atoms with E-state index < -0.39 is 29.8 Å². The van der Waals surface area contributed by atoms with E-state index in [0.29, 0.717) is 16.3 Å². The van der Waals surface area contributed by atoms with Crippen LogP contribution in [0, 0.1) is 6.92 Å². The molecule has 0 spiro atoms. The van der Waals surface area contributed by atoms with Crippen molar-refractivity contribution in [3.63, 3.8) is 0 Å². The molecule has 0 aliphatic carbocycles. The van der Waals surface area contributed by atoms with Crippen molar-refractivity contribution in [2.75, 3.05) is 5.32 Å². The van der Waals surface area contributed by atoms with Gasteiger partial charge in [-0.05, 0) is 47.9 Å². The van der Waals surface area contributed by atoms with E-state index >= 15 is 0 Å². The molecule has 0 saturated heterocycles. The van der Waals surface area contributed by atoms with Crippen LogP contribution in [0.5, 0.6) is 11.5 Å². The van der Waals surface area contributed by atoms with Crippen LogP contribution < -0.4 is 14.8 Å². The Balaban J connectivity index is 1.94. The van der Waals surface area contributed by atoms with Crippen molar-refractivity contribution < 1.29 is 35.8 Å². The molecule has 3 aromatic carbocycles. The first kappa shape index (κ1) is 26.3. The first-order valence-corrected chi connectivity index (χ1v) is 11.7. The highest BCUT2D eigenvalue weighted by Gasteiger charge is 2.38. The Morgan fingerprint density at radius 3 is 1.76 bits per heavy atom. The molecular weight excluding hydrogens is 518 g/mol. The van der Waals surface area contributed by atoms with Crippen molar-refractivity contribution in [1.82, 2.24) is 4.98 Å². The normalized spacial score (nSPS) is 12.3. The summed E-state index contributed by atoms with van der Waals surface area (Å²) in [7, 11) is 0. The van der Waals surface area contributed by atoms with Gasteiger partial charge in [0.25, 0.3) is 0 Å². The number of alkyl halides is 6. The number of rotatable bonds is 8. The first-order chi connectivity index (χ1) is 17.4. The zero-order chi connectivity index (χ0) is 26.7. The maximum atomic E-state index is 13.0. The fraction of sp³-hybridized carbons (Fsp3) is 0.192. The topological polar surface area (TPSA) is 43.4 Å². The second-order valence-corrected chi connectivity index (χ2v) is 9.35. The Kier molecular flexibility index (Phi) is 7.35. The van der Waals surface area contributed by atoms with Crippen molar-refractivity contribution in [3.8, 4) is 11.5 Å². The Labute approximate surface area is 212 Å². The standard InChI is InChI=1S/C26H20F6N2O2S/c1-17-16-33-23(37-17)34-24(15-18-7-3-2-4-8-18,19-9-5-11-21(13-19)35-25(27,28)29)20-10-6-12-22(14-20)36-26(30,31)32/h2-14,16H,15H2,1H3,(H,33,34). The number of nitrogens with zero attached hydrogens (tertiary/aromatic N) is 1. The summed E-state index contributed by atoms with van der Waals surface area (Å²) in [5.74, 6) is -0.940. The van der Waals surface area contributed by atoms with Gasteiger partial charge in [-0.1, -0.05) is 54.6 Å². The summed E-state index contributed by atoms with van der Waals surface area (Å²) in [5.41, 5.74) is 0.0412. The van der Waals surface area contributed by atoms with Gasteiger partial charge in [0.1, 0.15) is 11.5 Å². The second-order valence-electron chi connectivity index (χ2n) is 8.12. The van der Waals surface area contributed by atoms with Crippen LogP contribution in [0.15, 0.2) is 85.1 Å². The van der Waals surface area contributed by atoms with E-state index in [1.807, 2.05) is 19.1 Å². The van der Waals surface area contributed by atoms with Gasteiger partial charge in [-0.25, -0.2) is 4.98 Å². The van der Waals surface area contributed by atoms with Gasteiger partial charge in [0.15, 0.2) is 5.13 Å². The van der Waals surface area contributed by atoms with Gasteiger partial charge in [0.05, 0.1) is 5.54 Å². The predicted octanol–water partition coefficient (Wildman–Crippen LogP) is 7.85. The number of aryl methyl sites for hydroxylation is 1. The number of halogens is 6. The average molecular weight is 539 g/mol. The van der Waals surface area contributed by atoms with Crippen LogP contribution >= 0.6 is 11.3 Å². The maximum absolute atomic E-state index is 13.0. The third-order valence-electron chi connectivity index (χ3n) is 5.37. The number of nitrogens with one attached hydrogen (secondary N) is 1. The number of aromatic nitrogens is 1. The number of hydrogen-bond acceptors (Lipinski definition) is 5. The van der Waals surface area contributed by atoms with Crippen LogP contribution in [0.3, 0.4) is 0 Å². The summed E-state index contributed by atoms with van der Waals surface area (Å²) in [6.45, 7) is 1.83. The zero-order valence-corrected chi connectivity index (χ0v) is 20.0. The van der Waals surface area contributed by atoms with Crippen molar-refractivity contribution in [2.24, 2.45) is 0 Å². The summed E-state index contributed by atoms with van der Waals surface area (Å²) >= 11 is 1.30. The van der Waals surface area contributed by atoms with E-state index in [2.05, 4.69) is 19.8 Å². The summed E-state index contributed by atoms with van der Waals surface area (Å²) in [6.07, 6.45) is -8.09. The number of thiazole rings is 1. The van der Waals surface area contributed by atoms with E-state index in [4.69, 9.17) is 0 Å². The molecule has 0 fully saturated rings. The molecule has 4 rings (SSSR count). The quantitative estimate of drug-likeness (QED) is 0.232. The second kappa shape index (κ2) is 10.3. The molecule has 0 aliphatic heterocycles. The minimum Gasteiger partial charge on any atom is -0.406 e. The maximum Gasteiger partial charge on any atom is 0.573 e. The summed E-state index contributed by atoms with van der Waals surface area (Å²) in [6, 6.07) is 19.7. The highest BCUT2D eigenvalue weighted by atomic mass is 32.1. The molecule has 0 saturated carbocycles. The lowest BCUT2D eigenvalue weighted by molar-refractivity contribution is -0.275. The van der Waals surface area contributed by atoms with E-state index in [9.17, 15) is 26.3 Å². The molecule has 11 heteroatoms. The van der Waals surface area contributed by atoms with Crippen molar-refractivity contribution >= 4 is 16.5 Å². The van der Waals surface area contributed by atoms with Gasteiger partial charge in [-0.15, -0.1) is 37.7 Å². The molecule has 0 amide bonds. The van der Waals surface area contributed by atoms with Gasteiger partial charge >= 0.3 is 12.7 Å². The van der Waals surface area contributed by atoms with Crippen LogP contribution in [0.4, 0.5) is 31.5 Å². The molecule has 0 aliphatic rings. The van der Waals surface area contributed by atoms with Crippen molar-refractivity contribution in [2.45, 2.75) is 31.6 Å². The molecule has 4 aromatic rings. The van der Waals surface area contributed by atoms with E-state index in [0.717, 1.165) is 22.6 Å². The SMILES string of the molecule is Cc1cnc(NC(Cc2ccccc2)(c2cccc(OC(F)(F)F)c2)c2cccc(OC(F)(F)F)c2)s1. The third kappa shape index (κ3) is 6.94. The highest BCUT2D eigenvalue weighted by Crippen LogP contribution is 2.41. The predicted molar refractivity (Wildman–Crippen MR) is 128 cm³/mol. The monoisotopic (exact) mass is 538 g/mol. The van der Waals surface area contributed by atoms with Crippen LogP contribution in [0.2, 0.25) is 0 Å². The van der Waals surface area contributed by atoms with Crippen LogP contribution in [0.1, 0.15) is 21.6 Å². The molecular formula is C26H20F6N2O2S. The fourth-order valence-electron chi connectivity index (χ4n) is 3.97. The third-order valence-corrected chi connectivity index (χ3v) is 6.20. The highest BCUT2D eigenvalue weighted by molar-refractivity contribution is 7.15. The summed E-state index contributed by atoms with van der Waals surface area (Å²) < 4.78 is 86.5. The van der Waals surface area contributed by atoms with Crippen LogP contribution in [-0.2, 0) is 12.0 Å². The van der Waals surface area contributed by atoms with Gasteiger partial charge in [0.2, 0.25) is 0 Å². The molecule has 1 N–H and O–H groups in total. The number of benzene rings is 3.